The molecule has 26 heavy (non-hydrogen) atoms. The summed E-state index contributed by atoms with van der Waals surface area (Å²) in [6.07, 6.45) is -4.58. The van der Waals surface area contributed by atoms with Crippen LogP contribution in [0.5, 0.6) is 5.75 Å². The monoisotopic (exact) mass is 369 g/mol. The van der Waals surface area contributed by atoms with Gasteiger partial charge in [0.05, 0.1) is 24.4 Å². The van der Waals surface area contributed by atoms with Crippen molar-refractivity contribution in [2.45, 2.75) is 19.7 Å². The fourth-order valence-corrected chi connectivity index (χ4v) is 2.12. The van der Waals surface area contributed by atoms with Crippen LogP contribution in [-0.4, -0.2) is 30.5 Å². The number of anilines is 2. The highest BCUT2D eigenvalue weighted by molar-refractivity contribution is 5.72. The largest absolute Gasteiger partial charge is 0.573 e. The summed E-state index contributed by atoms with van der Waals surface area (Å²) in [6, 6.07) is 8.59. The van der Waals surface area contributed by atoms with Gasteiger partial charge >= 0.3 is 12.3 Å². The molecule has 0 aliphatic rings. The second kappa shape index (κ2) is 8.41. The molecule has 3 N–H and O–H groups in total. The van der Waals surface area contributed by atoms with Gasteiger partial charge in [0, 0.05) is 12.1 Å². The van der Waals surface area contributed by atoms with E-state index < -0.39 is 6.36 Å². The van der Waals surface area contributed by atoms with E-state index in [9.17, 15) is 18.0 Å². The first kappa shape index (κ1) is 19.4. The average Bonchev–Trinajstić information content (AvgIpc) is 2.56. The van der Waals surface area contributed by atoms with Gasteiger partial charge in [-0.1, -0.05) is 0 Å². The molecule has 9 heteroatoms. The first-order valence-electron chi connectivity index (χ1n) is 7.80. The summed E-state index contributed by atoms with van der Waals surface area (Å²) in [5, 5.41) is 2.94. The van der Waals surface area contributed by atoms with Crippen molar-refractivity contribution in [2.75, 3.05) is 24.2 Å². The van der Waals surface area contributed by atoms with Gasteiger partial charge in [-0.25, -0.2) is 4.98 Å². The molecule has 0 aliphatic carbocycles. The summed E-state index contributed by atoms with van der Waals surface area (Å²) >= 11 is 0. The number of carbonyl (C=O) groups is 1. The molecule has 0 spiro atoms. The lowest BCUT2D eigenvalue weighted by Gasteiger charge is -2.11. The first-order valence-corrected chi connectivity index (χ1v) is 7.80. The highest BCUT2D eigenvalue weighted by Gasteiger charge is 2.30. The van der Waals surface area contributed by atoms with Gasteiger partial charge in [0.1, 0.15) is 11.6 Å². The molecule has 2 rings (SSSR count). The van der Waals surface area contributed by atoms with E-state index in [-0.39, 0.29) is 24.7 Å². The van der Waals surface area contributed by atoms with E-state index in [0.29, 0.717) is 29.4 Å². The van der Waals surface area contributed by atoms with Crippen molar-refractivity contribution in [3.05, 3.63) is 36.4 Å². The smallest absolute Gasteiger partial charge is 0.466 e. The Hall–Kier alpha value is -2.97. The third-order valence-electron chi connectivity index (χ3n) is 3.24. The van der Waals surface area contributed by atoms with Crippen LogP contribution in [-0.2, 0) is 9.53 Å². The molecule has 0 unspecified atom stereocenters. The van der Waals surface area contributed by atoms with Crippen molar-refractivity contribution in [3.63, 3.8) is 0 Å². The van der Waals surface area contributed by atoms with Crippen LogP contribution in [0.3, 0.4) is 0 Å². The number of alkyl halides is 3. The topological polar surface area (TPSA) is 86.5 Å². The first-order chi connectivity index (χ1) is 12.3. The van der Waals surface area contributed by atoms with Crippen LogP contribution in [0, 0.1) is 0 Å². The molecule has 0 saturated heterocycles. The number of halogens is 3. The Morgan fingerprint density at radius 2 is 1.88 bits per heavy atom. The van der Waals surface area contributed by atoms with Crippen molar-refractivity contribution >= 4 is 17.5 Å². The van der Waals surface area contributed by atoms with Gasteiger partial charge in [-0.05, 0) is 43.3 Å². The fraction of sp³-hybridized carbons (Fsp3) is 0.294. The summed E-state index contributed by atoms with van der Waals surface area (Å²) in [4.78, 5) is 15.7. The molecular weight excluding hydrogens is 351 g/mol. The van der Waals surface area contributed by atoms with Crippen LogP contribution in [0.1, 0.15) is 13.3 Å². The van der Waals surface area contributed by atoms with Crippen molar-refractivity contribution < 1.29 is 27.4 Å². The summed E-state index contributed by atoms with van der Waals surface area (Å²) in [5.74, 6) is -0.276. The molecule has 0 fully saturated rings. The highest BCUT2D eigenvalue weighted by Crippen LogP contribution is 2.27. The summed E-state index contributed by atoms with van der Waals surface area (Å²) in [7, 11) is 0. The normalized spacial score (nSPS) is 11.1. The van der Waals surface area contributed by atoms with Crippen molar-refractivity contribution in [3.8, 4) is 17.0 Å². The molecule has 1 aromatic heterocycles. The van der Waals surface area contributed by atoms with Gasteiger partial charge in [-0.15, -0.1) is 13.2 Å². The number of nitrogens with two attached hydrogens (primary N) is 1. The lowest BCUT2D eigenvalue weighted by Crippen LogP contribution is -2.16. The quantitative estimate of drug-likeness (QED) is 0.726. The molecule has 0 radical (unpaired) electrons. The number of ether oxygens (including phenoxy) is 2. The second-order valence-corrected chi connectivity index (χ2v) is 5.19. The highest BCUT2D eigenvalue weighted by atomic mass is 19.4. The van der Waals surface area contributed by atoms with E-state index in [1.165, 1.54) is 24.3 Å². The van der Waals surface area contributed by atoms with Gasteiger partial charge in [-0.2, -0.15) is 0 Å². The van der Waals surface area contributed by atoms with Gasteiger partial charge < -0.3 is 20.5 Å². The zero-order valence-electron chi connectivity index (χ0n) is 14.0. The van der Waals surface area contributed by atoms with Gasteiger partial charge in [-0.3, -0.25) is 4.79 Å². The number of rotatable bonds is 7. The lowest BCUT2D eigenvalue weighted by atomic mass is 10.1. The molecular formula is C17H18F3N3O3. The Morgan fingerprint density at radius 3 is 2.50 bits per heavy atom. The lowest BCUT2D eigenvalue weighted by molar-refractivity contribution is -0.274. The minimum atomic E-state index is -4.74. The maximum Gasteiger partial charge on any atom is 0.573 e. The van der Waals surface area contributed by atoms with Crippen molar-refractivity contribution in [2.24, 2.45) is 0 Å². The van der Waals surface area contributed by atoms with Crippen LogP contribution in [0.25, 0.3) is 11.3 Å². The maximum absolute atomic E-state index is 12.2. The van der Waals surface area contributed by atoms with Crippen LogP contribution in [0.4, 0.5) is 24.7 Å². The molecule has 0 atom stereocenters. The molecule has 1 aromatic carbocycles. The zero-order valence-corrected chi connectivity index (χ0v) is 14.0. The van der Waals surface area contributed by atoms with E-state index in [0.717, 1.165) is 0 Å². The van der Waals surface area contributed by atoms with Crippen LogP contribution >= 0.6 is 0 Å². The minimum Gasteiger partial charge on any atom is -0.466 e. The minimum absolute atomic E-state index is 0.155. The Balaban J connectivity index is 2.07. The fourth-order valence-electron chi connectivity index (χ4n) is 2.12. The van der Waals surface area contributed by atoms with Crippen molar-refractivity contribution in [1.82, 2.24) is 4.98 Å². The summed E-state index contributed by atoms with van der Waals surface area (Å²) in [5.41, 5.74) is 7.34. The number of nitrogens with one attached hydrogen (secondary N) is 1. The molecule has 2 aromatic rings. The zero-order chi connectivity index (χ0) is 19.2. The van der Waals surface area contributed by atoms with E-state index in [4.69, 9.17) is 10.5 Å². The Kier molecular flexibility index (Phi) is 6.26. The van der Waals surface area contributed by atoms with Gasteiger partial charge in [0.25, 0.3) is 0 Å². The third-order valence-corrected chi connectivity index (χ3v) is 3.24. The van der Waals surface area contributed by atoms with E-state index >= 15 is 0 Å². The molecule has 0 amide bonds. The Bertz CT molecular complexity index is 749. The number of nitrogens with zero attached hydrogens (tertiary/aromatic N) is 1. The van der Waals surface area contributed by atoms with Crippen LogP contribution < -0.4 is 15.8 Å². The average molecular weight is 369 g/mol. The molecule has 0 aliphatic heterocycles. The predicted molar refractivity (Wildman–Crippen MR) is 90.5 cm³/mol. The number of pyridine rings is 1. The van der Waals surface area contributed by atoms with Crippen LogP contribution in [0.15, 0.2) is 36.4 Å². The number of benzene rings is 1. The van der Waals surface area contributed by atoms with Crippen LogP contribution in [0.2, 0.25) is 0 Å². The van der Waals surface area contributed by atoms with Gasteiger partial charge in [0.15, 0.2) is 0 Å². The standard InChI is InChI=1S/C17H18F3N3O3/c1-2-25-15(24)9-10-22-16-13(21)7-8-14(23-16)11-3-5-12(6-4-11)26-17(18,19)20/h3-8H,2,9-10,21H2,1H3,(H,22,23). The number of hydrogen-bond acceptors (Lipinski definition) is 6. The summed E-state index contributed by atoms with van der Waals surface area (Å²) < 4.78 is 45.2. The number of nitrogen functional groups attached to an aromatic ring is 1. The molecule has 6 nitrogen and oxygen atoms in total. The molecule has 0 saturated carbocycles. The molecule has 140 valence electrons. The number of hydrogen-bond donors (Lipinski definition) is 2. The summed E-state index contributed by atoms with van der Waals surface area (Å²) in [6.45, 7) is 2.32. The number of aromatic nitrogens is 1. The molecule has 1 heterocycles. The van der Waals surface area contributed by atoms with E-state index in [2.05, 4.69) is 15.0 Å². The number of esters is 1. The van der Waals surface area contributed by atoms with E-state index in [1.54, 1.807) is 19.1 Å². The Morgan fingerprint density at radius 1 is 1.19 bits per heavy atom. The SMILES string of the molecule is CCOC(=O)CCNc1nc(-c2ccc(OC(F)(F)F)cc2)ccc1N. The predicted octanol–water partition coefficient (Wildman–Crippen LogP) is 3.59. The Labute approximate surface area is 148 Å². The molecule has 0 bridgehead atoms. The third kappa shape index (κ3) is 5.83. The van der Waals surface area contributed by atoms with E-state index in [1.807, 2.05) is 0 Å². The van der Waals surface area contributed by atoms with Gasteiger partial charge in [0.2, 0.25) is 0 Å². The van der Waals surface area contributed by atoms with Crippen molar-refractivity contribution in [1.29, 1.82) is 0 Å². The second-order valence-electron chi connectivity index (χ2n) is 5.19. The maximum atomic E-state index is 12.2. The number of carbonyl (C=O) groups excluding carboxylic acids is 1.